The highest BCUT2D eigenvalue weighted by Crippen LogP contribution is 2.40. The summed E-state index contributed by atoms with van der Waals surface area (Å²) in [5.74, 6) is -3.01. The van der Waals surface area contributed by atoms with Gasteiger partial charge in [0.2, 0.25) is 5.91 Å². The summed E-state index contributed by atoms with van der Waals surface area (Å²) in [5.41, 5.74) is 0.715. The van der Waals surface area contributed by atoms with Crippen LogP contribution >= 0.6 is 11.8 Å². The second-order valence-corrected chi connectivity index (χ2v) is 9.05. The molecule has 0 bridgehead atoms. The molecule has 11 nitrogen and oxygen atoms in total. The van der Waals surface area contributed by atoms with E-state index in [-0.39, 0.29) is 17.0 Å². The van der Waals surface area contributed by atoms with Crippen LogP contribution in [-0.2, 0) is 19.2 Å². The second kappa shape index (κ2) is 10.7. The predicted molar refractivity (Wildman–Crippen MR) is 127 cm³/mol. The number of urea groups is 1. The van der Waals surface area contributed by atoms with Gasteiger partial charge in [0, 0.05) is 18.4 Å². The molecule has 1 saturated heterocycles. The van der Waals surface area contributed by atoms with Crippen molar-refractivity contribution >= 4 is 41.5 Å². The first-order valence-corrected chi connectivity index (χ1v) is 11.7. The molecular formula is C23H26N4O7S. The number of rotatable bonds is 7. The molecule has 2 aliphatic rings. The van der Waals surface area contributed by atoms with Crippen LogP contribution in [0.2, 0.25) is 0 Å². The summed E-state index contributed by atoms with van der Waals surface area (Å²) in [6, 6.07) is 5.27. The number of likely N-dealkylation sites (N-methyl/N-ethyl adjacent to an activating group) is 1. The van der Waals surface area contributed by atoms with Gasteiger partial charge in [-0.15, -0.1) is 11.8 Å². The van der Waals surface area contributed by atoms with Crippen molar-refractivity contribution in [2.45, 2.75) is 31.3 Å². The lowest BCUT2D eigenvalue weighted by atomic mass is 10.0. The Morgan fingerprint density at radius 3 is 2.49 bits per heavy atom. The number of carboxylic acids is 1. The Kier molecular flexibility index (Phi) is 7.97. The Hall–Kier alpha value is -3.64. The monoisotopic (exact) mass is 502 g/mol. The van der Waals surface area contributed by atoms with Gasteiger partial charge in [0.15, 0.2) is 0 Å². The van der Waals surface area contributed by atoms with E-state index in [1.807, 2.05) is 0 Å². The maximum atomic E-state index is 13.2. The number of benzene rings is 1. The highest BCUT2D eigenvalue weighted by atomic mass is 32.2. The van der Waals surface area contributed by atoms with E-state index in [1.165, 1.54) is 18.8 Å². The van der Waals surface area contributed by atoms with Crippen molar-refractivity contribution in [2.24, 2.45) is 0 Å². The van der Waals surface area contributed by atoms with Crippen LogP contribution in [0.1, 0.15) is 25.5 Å². The van der Waals surface area contributed by atoms with Crippen LogP contribution in [0.15, 0.2) is 53.3 Å². The lowest BCUT2D eigenvalue weighted by Crippen LogP contribution is -2.71. The van der Waals surface area contributed by atoms with Crippen molar-refractivity contribution in [3.8, 4) is 0 Å². The first kappa shape index (κ1) is 26.0. The Morgan fingerprint density at radius 1 is 1.26 bits per heavy atom. The molecule has 3 rings (SSSR count). The van der Waals surface area contributed by atoms with Gasteiger partial charge in [-0.3, -0.25) is 24.2 Å². The van der Waals surface area contributed by atoms with E-state index >= 15 is 0 Å². The summed E-state index contributed by atoms with van der Waals surface area (Å²) >= 11 is 1.22. The average molecular weight is 503 g/mol. The molecule has 0 aromatic heterocycles. The van der Waals surface area contributed by atoms with Crippen molar-refractivity contribution in [1.82, 2.24) is 20.4 Å². The summed E-state index contributed by atoms with van der Waals surface area (Å²) in [4.78, 5) is 64.7. The van der Waals surface area contributed by atoms with Gasteiger partial charge >= 0.3 is 12.0 Å². The quantitative estimate of drug-likeness (QED) is 0.312. The van der Waals surface area contributed by atoms with Crippen molar-refractivity contribution in [2.75, 3.05) is 19.4 Å². The molecule has 1 aromatic rings. The molecule has 35 heavy (non-hydrogen) atoms. The number of carboxylic acid groups (broad SMARTS) is 1. The molecule has 3 atom stereocenters. The molecule has 12 heteroatoms. The van der Waals surface area contributed by atoms with Gasteiger partial charge in [-0.25, -0.2) is 9.59 Å². The third kappa shape index (κ3) is 5.08. The van der Waals surface area contributed by atoms with Crippen LogP contribution < -0.4 is 10.6 Å². The molecule has 186 valence electrons. The van der Waals surface area contributed by atoms with Crippen molar-refractivity contribution in [3.63, 3.8) is 0 Å². The van der Waals surface area contributed by atoms with E-state index < -0.39 is 53.8 Å². The Labute approximate surface area is 205 Å². The van der Waals surface area contributed by atoms with Crippen LogP contribution in [0.3, 0.4) is 0 Å². The molecule has 0 saturated carbocycles. The Balaban J connectivity index is 1.80. The first-order chi connectivity index (χ1) is 16.6. The minimum Gasteiger partial charge on any atom is -0.477 e. The maximum Gasteiger partial charge on any atom is 0.352 e. The first-order valence-electron chi connectivity index (χ1n) is 10.7. The zero-order chi connectivity index (χ0) is 25.9. The summed E-state index contributed by atoms with van der Waals surface area (Å²) in [7, 11) is 1.29. The number of fused-ring (bicyclic) bond motifs is 1. The number of nitrogens with one attached hydrogen (secondary N) is 2. The number of aliphatic hydroxyl groups is 1. The zero-order valence-electron chi connectivity index (χ0n) is 19.3. The van der Waals surface area contributed by atoms with Crippen LogP contribution in [0, 0.1) is 0 Å². The predicted octanol–water partition coefficient (Wildman–Crippen LogP) is 0.593. The van der Waals surface area contributed by atoms with Gasteiger partial charge in [-0.05, 0) is 25.0 Å². The SMILES string of the molecule is C/C=C(\C)C(=O)N(C)C(=O)NC(C(=O)NC1C(=O)N2C(C(=O)O)=C(CO)CS[C@H]12)c1ccccc1. The lowest BCUT2D eigenvalue weighted by molar-refractivity contribution is -0.151. The molecule has 0 aliphatic carbocycles. The molecule has 4 N–H and O–H groups in total. The number of aliphatic hydroxyl groups excluding tert-OH is 1. The molecule has 0 spiro atoms. The molecule has 5 amide bonds. The van der Waals surface area contributed by atoms with Gasteiger partial charge in [0.25, 0.3) is 11.8 Å². The average Bonchev–Trinajstić information content (AvgIpc) is 2.87. The van der Waals surface area contributed by atoms with Gasteiger partial charge in [0.1, 0.15) is 23.2 Å². The standard InChI is InChI=1S/C23H26N4O7S/c1-4-12(2)19(30)26(3)23(34)25-15(13-8-6-5-7-9-13)18(29)24-16-20(31)27-17(22(32)33)14(10-28)11-35-21(16)27/h4-9,15-16,21,28H,10-11H2,1-3H3,(H,24,29)(H,25,34)(H,32,33)/b12-4+/t15?,16?,21-/m1/s1. The number of carbonyl (C=O) groups excluding carboxylic acids is 4. The molecule has 0 radical (unpaired) electrons. The normalized spacial score (nSPS) is 20.4. The number of aliphatic carboxylic acids is 1. The lowest BCUT2D eigenvalue weighted by Gasteiger charge is -2.49. The van der Waals surface area contributed by atoms with E-state index in [2.05, 4.69) is 10.6 Å². The number of amides is 5. The summed E-state index contributed by atoms with van der Waals surface area (Å²) in [5, 5.41) is 23.4. The van der Waals surface area contributed by atoms with Crippen LogP contribution in [0.4, 0.5) is 4.79 Å². The molecule has 1 fully saturated rings. The van der Waals surface area contributed by atoms with Crippen LogP contribution in [0.25, 0.3) is 0 Å². The van der Waals surface area contributed by atoms with Crippen LogP contribution in [-0.4, -0.2) is 80.6 Å². The molecule has 2 heterocycles. The Bertz CT molecular complexity index is 1120. The van der Waals surface area contributed by atoms with Gasteiger partial charge in [-0.2, -0.15) is 0 Å². The third-order valence-corrected chi connectivity index (χ3v) is 7.12. The smallest absolute Gasteiger partial charge is 0.352 e. The topological polar surface area (TPSA) is 156 Å². The molecular weight excluding hydrogens is 476 g/mol. The van der Waals surface area contributed by atoms with E-state index in [1.54, 1.807) is 50.3 Å². The fraction of sp³-hybridized carbons (Fsp3) is 0.348. The van der Waals surface area contributed by atoms with Gasteiger partial charge in [-0.1, -0.05) is 36.4 Å². The second-order valence-electron chi connectivity index (χ2n) is 7.94. The van der Waals surface area contributed by atoms with Crippen molar-refractivity contribution < 1.29 is 34.2 Å². The number of nitrogens with zero attached hydrogens (tertiary/aromatic N) is 2. The Morgan fingerprint density at radius 2 is 1.91 bits per heavy atom. The number of β-lactam (4-membered cyclic amide) rings is 1. The number of carbonyl (C=O) groups is 5. The van der Waals surface area contributed by atoms with E-state index in [4.69, 9.17) is 0 Å². The van der Waals surface area contributed by atoms with Gasteiger partial charge in [0.05, 0.1) is 6.61 Å². The molecule has 1 aromatic carbocycles. The highest BCUT2D eigenvalue weighted by Gasteiger charge is 2.54. The number of imide groups is 1. The number of hydrogen-bond donors (Lipinski definition) is 4. The fourth-order valence-corrected chi connectivity index (χ4v) is 5.02. The molecule has 2 unspecified atom stereocenters. The van der Waals surface area contributed by atoms with Crippen molar-refractivity contribution in [3.05, 3.63) is 58.8 Å². The summed E-state index contributed by atoms with van der Waals surface area (Å²) < 4.78 is 0. The van der Waals surface area contributed by atoms with Gasteiger partial charge < -0.3 is 20.8 Å². The third-order valence-electron chi connectivity index (χ3n) is 5.78. The minimum absolute atomic E-state index is 0.189. The van der Waals surface area contributed by atoms with E-state index in [0.29, 0.717) is 11.1 Å². The number of allylic oxidation sites excluding steroid dienone is 1. The maximum absolute atomic E-state index is 13.2. The molecule has 2 aliphatic heterocycles. The van der Waals surface area contributed by atoms with E-state index in [0.717, 1.165) is 9.80 Å². The largest absolute Gasteiger partial charge is 0.477 e. The minimum atomic E-state index is -1.34. The summed E-state index contributed by atoms with van der Waals surface area (Å²) in [6.45, 7) is 2.73. The number of hydrogen-bond acceptors (Lipinski definition) is 7. The van der Waals surface area contributed by atoms with Crippen molar-refractivity contribution in [1.29, 1.82) is 0 Å². The number of thioether (sulfide) groups is 1. The van der Waals surface area contributed by atoms with Crippen LogP contribution in [0.5, 0.6) is 0 Å². The van der Waals surface area contributed by atoms with E-state index in [9.17, 15) is 34.2 Å². The highest BCUT2D eigenvalue weighted by molar-refractivity contribution is 8.00. The summed E-state index contributed by atoms with van der Waals surface area (Å²) in [6.07, 6.45) is 1.56. The zero-order valence-corrected chi connectivity index (χ0v) is 20.2. The fourth-order valence-electron chi connectivity index (χ4n) is 3.69.